The highest BCUT2D eigenvalue weighted by Gasteiger charge is 2.39. The molecule has 0 aliphatic rings. The van der Waals surface area contributed by atoms with Crippen LogP contribution in [0.2, 0.25) is 6.04 Å². The number of nitrogens with two attached hydrogens (primary N) is 1. The normalized spacial score (nSPS) is 13.8. The van der Waals surface area contributed by atoms with Crippen molar-refractivity contribution in [3.63, 3.8) is 0 Å². The van der Waals surface area contributed by atoms with Gasteiger partial charge in [-0.05, 0) is 27.2 Å². The lowest BCUT2D eigenvalue weighted by atomic mass is 10.4. The van der Waals surface area contributed by atoms with Gasteiger partial charge in [-0.2, -0.15) is 0 Å². The summed E-state index contributed by atoms with van der Waals surface area (Å²) in [5.74, 6) is 0. The Morgan fingerprint density at radius 2 is 1.56 bits per heavy atom. The van der Waals surface area contributed by atoms with E-state index in [1.165, 1.54) is 0 Å². The van der Waals surface area contributed by atoms with Gasteiger partial charge in [-0.3, -0.25) is 0 Å². The van der Waals surface area contributed by atoms with Gasteiger partial charge in [0.1, 0.15) is 6.23 Å². The minimum absolute atomic E-state index is 0.299. The van der Waals surface area contributed by atoms with Crippen molar-refractivity contribution in [2.24, 2.45) is 5.73 Å². The van der Waals surface area contributed by atoms with Crippen LogP contribution in [0.15, 0.2) is 0 Å². The highest BCUT2D eigenvalue weighted by atomic mass is 28.4. The molecule has 0 aliphatic heterocycles. The molecule has 0 fully saturated rings. The zero-order chi connectivity index (χ0) is 13.9. The third-order valence-corrected chi connectivity index (χ3v) is 5.51. The lowest BCUT2D eigenvalue weighted by Crippen LogP contribution is -2.46. The van der Waals surface area contributed by atoms with Crippen LogP contribution in [-0.4, -0.2) is 41.5 Å². The van der Waals surface area contributed by atoms with Crippen molar-refractivity contribution in [1.29, 1.82) is 0 Å². The monoisotopic (exact) mass is 278 g/mol. The molecule has 0 saturated heterocycles. The average molecular weight is 278 g/mol. The van der Waals surface area contributed by atoms with E-state index in [0.717, 1.165) is 12.5 Å². The summed E-state index contributed by atoms with van der Waals surface area (Å²) in [5, 5.41) is 0. The van der Waals surface area contributed by atoms with Crippen molar-refractivity contribution >= 4 is 8.80 Å². The largest absolute Gasteiger partial charge is 0.501 e. The molecule has 1 radical (unpaired) electrons. The van der Waals surface area contributed by atoms with Gasteiger partial charge in [0.15, 0.2) is 0 Å². The SMILES string of the molecule is C[CH]C(N)OCCC[Si](OCC)(OCC)OCC. The van der Waals surface area contributed by atoms with Gasteiger partial charge in [0.25, 0.3) is 0 Å². The molecule has 0 bridgehead atoms. The molecular formula is C12H28NO4Si. The van der Waals surface area contributed by atoms with Gasteiger partial charge >= 0.3 is 8.80 Å². The lowest BCUT2D eigenvalue weighted by Gasteiger charge is -2.28. The van der Waals surface area contributed by atoms with Gasteiger partial charge < -0.3 is 23.7 Å². The van der Waals surface area contributed by atoms with Crippen molar-refractivity contribution < 1.29 is 18.0 Å². The first-order valence-corrected chi connectivity index (χ1v) is 8.65. The number of hydrogen-bond acceptors (Lipinski definition) is 5. The van der Waals surface area contributed by atoms with Crippen LogP contribution < -0.4 is 5.73 Å². The Bertz CT molecular complexity index is 178. The zero-order valence-electron chi connectivity index (χ0n) is 12.1. The highest BCUT2D eigenvalue weighted by Crippen LogP contribution is 2.18. The van der Waals surface area contributed by atoms with Crippen LogP contribution in [-0.2, 0) is 18.0 Å². The third kappa shape index (κ3) is 7.45. The quantitative estimate of drug-likeness (QED) is 0.336. The Morgan fingerprint density at radius 3 is 1.94 bits per heavy atom. The van der Waals surface area contributed by atoms with Gasteiger partial charge in [-0.25, -0.2) is 0 Å². The molecule has 0 spiro atoms. The van der Waals surface area contributed by atoms with Crippen LogP contribution in [0.5, 0.6) is 0 Å². The van der Waals surface area contributed by atoms with E-state index < -0.39 is 8.80 Å². The van der Waals surface area contributed by atoms with Crippen LogP contribution in [0, 0.1) is 6.42 Å². The summed E-state index contributed by atoms with van der Waals surface area (Å²) in [6, 6.07) is 0.763. The molecule has 18 heavy (non-hydrogen) atoms. The molecule has 0 saturated carbocycles. The molecule has 1 atom stereocenters. The maximum atomic E-state index is 5.74. The molecule has 0 amide bonds. The van der Waals surface area contributed by atoms with E-state index in [4.69, 9.17) is 23.7 Å². The fourth-order valence-electron chi connectivity index (χ4n) is 1.61. The number of ether oxygens (including phenoxy) is 1. The molecule has 0 heterocycles. The van der Waals surface area contributed by atoms with Gasteiger partial charge in [-0.15, -0.1) is 0 Å². The maximum absolute atomic E-state index is 5.74. The Morgan fingerprint density at radius 1 is 1.06 bits per heavy atom. The van der Waals surface area contributed by atoms with Gasteiger partial charge in [-0.1, -0.05) is 6.92 Å². The Balaban J connectivity index is 4.12. The molecule has 2 N–H and O–H groups in total. The Hall–Kier alpha value is 0.0169. The fraction of sp³-hybridized carbons (Fsp3) is 0.917. The molecule has 0 aliphatic carbocycles. The second-order valence-electron chi connectivity index (χ2n) is 3.75. The molecule has 0 rings (SSSR count). The molecule has 109 valence electrons. The number of rotatable bonds is 12. The molecule has 0 aromatic heterocycles. The molecular weight excluding hydrogens is 250 g/mol. The second kappa shape index (κ2) is 10.9. The highest BCUT2D eigenvalue weighted by molar-refractivity contribution is 6.60. The van der Waals surface area contributed by atoms with Crippen molar-refractivity contribution in [3.8, 4) is 0 Å². The van der Waals surface area contributed by atoms with Crippen molar-refractivity contribution in [2.75, 3.05) is 26.4 Å². The van der Waals surface area contributed by atoms with Crippen molar-refractivity contribution in [2.45, 2.75) is 46.4 Å². The lowest BCUT2D eigenvalue weighted by molar-refractivity contribution is 0.0567. The first-order valence-electron chi connectivity index (χ1n) is 6.72. The van der Waals surface area contributed by atoms with E-state index in [1.54, 1.807) is 0 Å². The van der Waals surface area contributed by atoms with E-state index in [9.17, 15) is 0 Å². The van der Waals surface area contributed by atoms with E-state index >= 15 is 0 Å². The van der Waals surface area contributed by atoms with E-state index in [-0.39, 0.29) is 6.23 Å². The summed E-state index contributed by atoms with van der Waals surface area (Å²) in [6.07, 6.45) is 2.35. The molecule has 6 heteroatoms. The summed E-state index contributed by atoms with van der Waals surface area (Å²) in [4.78, 5) is 0. The molecule has 0 aromatic rings. The molecule has 1 unspecified atom stereocenters. The van der Waals surface area contributed by atoms with E-state index in [2.05, 4.69) is 0 Å². The fourth-order valence-corrected chi connectivity index (χ4v) is 4.19. The first kappa shape index (κ1) is 18.0. The van der Waals surface area contributed by atoms with Gasteiger partial charge in [0, 0.05) is 38.9 Å². The topological polar surface area (TPSA) is 62.9 Å². The standard InChI is InChI=1S/C12H28NO4Si/c1-5-12(13)14-10-9-11-18(15-6-2,16-7-3)17-8-4/h5,12H,6-11,13H2,1-4H3. The molecule has 5 nitrogen and oxygen atoms in total. The Labute approximate surface area is 112 Å². The maximum Gasteiger partial charge on any atom is 0.501 e. The van der Waals surface area contributed by atoms with Crippen LogP contribution in [0.25, 0.3) is 0 Å². The summed E-state index contributed by atoms with van der Waals surface area (Å²) >= 11 is 0. The average Bonchev–Trinajstić information content (AvgIpc) is 2.35. The smallest absolute Gasteiger partial charge is 0.374 e. The predicted molar refractivity (Wildman–Crippen MR) is 74.0 cm³/mol. The van der Waals surface area contributed by atoms with E-state index in [1.807, 2.05) is 34.1 Å². The minimum atomic E-state index is -2.51. The Kier molecular flexibility index (Phi) is 10.9. The van der Waals surface area contributed by atoms with Crippen LogP contribution in [0.1, 0.15) is 34.1 Å². The third-order valence-electron chi connectivity index (χ3n) is 2.36. The van der Waals surface area contributed by atoms with Crippen LogP contribution >= 0.6 is 0 Å². The van der Waals surface area contributed by atoms with Crippen LogP contribution in [0.4, 0.5) is 0 Å². The van der Waals surface area contributed by atoms with Gasteiger partial charge in [0.05, 0.1) is 0 Å². The van der Waals surface area contributed by atoms with Crippen LogP contribution in [0.3, 0.4) is 0 Å². The van der Waals surface area contributed by atoms with Crippen molar-refractivity contribution in [1.82, 2.24) is 0 Å². The predicted octanol–water partition coefficient (Wildman–Crippen LogP) is 1.95. The number of hydrogen-bond donors (Lipinski definition) is 1. The summed E-state index contributed by atoms with van der Waals surface area (Å²) in [7, 11) is -2.51. The molecule has 0 aromatic carbocycles. The summed E-state index contributed by atoms with van der Waals surface area (Å²) < 4.78 is 22.6. The van der Waals surface area contributed by atoms with Crippen molar-refractivity contribution in [3.05, 3.63) is 6.42 Å². The zero-order valence-corrected chi connectivity index (χ0v) is 13.1. The van der Waals surface area contributed by atoms with Gasteiger partial charge in [0.2, 0.25) is 0 Å². The minimum Gasteiger partial charge on any atom is -0.374 e. The first-order chi connectivity index (χ1) is 8.64. The van der Waals surface area contributed by atoms with E-state index in [0.29, 0.717) is 26.4 Å². The second-order valence-corrected chi connectivity index (χ2v) is 6.49. The summed E-state index contributed by atoms with van der Waals surface area (Å²) in [6.45, 7) is 10.2. The summed E-state index contributed by atoms with van der Waals surface area (Å²) in [5.41, 5.74) is 5.64.